The lowest BCUT2D eigenvalue weighted by Gasteiger charge is -2.36. The molecule has 0 atom stereocenters. The Labute approximate surface area is 210 Å². The van der Waals surface area contributed by atoms with Crippen LogP contribution in [0.1, 0.15) is 23.2 Å². The second kappa shape index (κ2) is 9.40. The molecule has 3 aromatic rings. The van der Waals surface area contributed by atoms with Crippen molar-refractivity contribution in [2.75, 3.05) is 30.9 Å². The molecule has 1 aliphatic heterocycles. The minimum absolute atomic E-state index is 0.00718. The maximum atomic E-state index is 13.0. The summed E-state index contributed by atoms with van der Waals surface area (Å²) in [4.78, 5) is 29.1. The van der Waals surface area contributed by atoms with Gasteiger partial charge in [-0.05, 0) is 60.4 Å². The van der Waals surface area contributed by atoms with E-state index < -0.39 is 15.6 Å². The van der Waals surface area contributed by atoms with Gasteiger partial charge in [-0.15, -0.1) is 0 Å². The van der Waals surface area contributed by atoms with Crippen LogP contribution in [0.5, 0.6) is 0 Å². The maximum absolute atomic E-state index is 13.0. The normalized spacial score (nSPS) is 16.9. The average molecular weight is 505 g/mol. The van der Waals surface area contributed by atoms with Crippen LogP contribution in [0.15, 0.2) is 83.8 Å². The summed E-state index contributed by atoms with van der Waals surface area (Å²) in [5.41, 5.74) is 8.05. The second-order valence-electron chi connectivity index (χ2n) is 9.32. The minimum Gasteiger partial charge on any atom is -0.338 e. The minimum atomic E-state index is -3.69. The Balaban J connectivity index is 1.24. The summed E-state index contributed by atoms with van der Waals surface area (Å²) in [6.45, 7) is 1.94. The van der Waals surface area contributed by atoms with Gasteiger partial charge in [0, 0.05) is 37.4 Å². The van der Waals surface area contributed by atoms with Crippen LogP contribution in [0.4, 0.5) is 5.69 Å². The van der Waals surface area contributed by atoms with Crippen molar-refractivity contribution in [2.24, 2.45) is 5.73 Å². The molecule has 0 aromatic heterocycles. The first-order valence-corrected chi connectivity index (χ1v) is 13.4. The summed E-state index contributed by atoms with van der Waals surface area (Å²) >= 11 is 0. The van der Waals surface area contributed by atoms with Crippen LogP contribution in [-0.4, -0.2) is 61.7 Å². The molecule has 1 saturated heterocycles. The number of amides is 2. The molecule has 186 valence electrons. The number of nitrogens with one attached hydrogen (secondary N) is 1. The van der Waals surface area contributed by atoms with E-state index in [9.17, 15) is 18.0 Å². The molecule has 36 heavy (non-hydrogen) atoms. The zero-order chi connectivity index (χ0) is 25.3. The molecule has 2 fully saturated rings. The number of nitrogens with two attached hydrogens (primary N) is 1. The molecular weight excluding hydrogens is 476 g/mol. The van der Waals surface area contributed by atoms with Gasteiger partial charge in [0.05, 0.1) is 10.4 Å². The van der Waals surface area contributed by atoms with Gasteiger partial charge in [0.2, 0.25) is 5.91 Å². The van der Waals surface area contributed by atoms with E-state index in [2.05, 4.69) is 4.72 Å². The first-order valence-electron chi connectivity index (χ1n) is 11.9. The van der Waals surface area contributed by atoms with E-state index in [0.717, 1.165) is 24.0 Å². The quantitative estimate of drug-likeness (QED) is 0.536. The average Bonchev–Trinajstić information content (AvgIpc) is 3.67. The zero-order valence-electron chi connectivity index (χ0n) is 19.8. The fourth-order valence-corrected chi connectivity index (χ4v) is 5.41. The Morgan fingerprint density at radius 3 is 2.06 bits per heavy atom. The van der Waals surface area contributed by atoms with Gasteiger partial charge < -0.3 is 15.5 Å². The van der Waals surface area contributed by atoms with Crippen molar-refractivity contribution in [2.45, 2.75) is 23.3 Å². The van der Waals surface area contributed by atoms with Crippen molar-refractivity contribution < 1.29 is 18.0 Å². The molecule has 1 aliphatic carbocycles. The lowest BCUT2D eigenvalue weighted by atomic mass is 10.0. The Bertz CT molecular complexity index is 1380. The number of anilines is 1. The summed E-state index contributed by atoms with van der Waals surface area (Å²) in [5, 5.41) is 0. The predicted octanol–water partition coefficient (Wildman–Crippen LogP) is 2.93. The molecule has 0 bridgehead atoms. The molecule has 2 amide bonds. The molecule has 1 saturated carbocycles. The fourth-order valence-electron chi connectivity index (χ4n) is 4.34. The Morgan fingerprint density at radius 1 is 0.778 bits per heavy atom. The summed E-state index contributed by atoms with van der Waals surface area (Å²) in [6, 6.07) is 22.6. The molecule has 8 nitrogen and oxygen atoms in total. The predicted molar refractivity (Wildman–Crippen MR) is 138 cm³/mol. The first-order chi connectivity index (χ1) is 17.2. The number of hydrogen-bond donors (Lipinski definition) is 2. The monoisotopic (exact) mass is 504 g/mol. The standard InChI is InChI=1S/C27H28N4O4S/c28-27(13-14-27)26(33)31-17-15-30(16-18-31)25(32)21-11-9-20(10-12-21)22-5-4-6-23(19-22)29-36(34,35)24-7-2-1-3-8-24/h1-12,19,29H,13-18,28H2. The molecule has 5 rings (SSSR count). The van der Waals surface area contributed by atoms with Gasteiger partial charge >= 0.3 is 0 Å². The number of sulfonamides is 1. The van der Waals surface area contributed by atoms with E-state index >= 15 is 0 Å². The van der Waals surface area contributed by atoms with Gasteiger partial charge in [-0.2, -0.15) is 0 Å². The van der Waals surface area contributed by atoms with Crippen molar-refractivity contribution >= 4 is 27.5 Å². The van der Waals surface area contributed by atoms with Crippen molar-refractivity contribution in [1.29, 1.82) is 0 Å². The van der Waals surface area contributed by atoms with Crippen LogP contribution in [0.25, 0.3) is 11.1 Å². The number of rotatable bonds is 6. The molecule has 9 heteroatoms. The molecule has 3 aromatic carbocycles. The SMILES string of the molecule is NC1(C(=O)N2CCN(C(=O)c3ccc(-c4cccc(NS(=O)(=O)c5ccccc5)c4)cc3)CC2)CC1. The largest absolute Gasteiger partial charge is 0.338 e. The summed E-state index contributed by atoms with van der Waals surface area (Å²) in [5.74, 6) is -0.0841. The van der Waals surface area contributed by atoms with Gasteiger partial charge in [0.15, 0.2) is 0 Å². The van der Waals surface area contributed by atoms with Crippen LogP contribution in [-0.2, 0) is 14.8 Å². The van der Waals surface area contributed by atoms with Crippen molar-refractivity contribution in [1.82, 2.24) is 9.80 Å². The molecule has 0 unspecified atom stereocenters. The Kier molecular flexibility index (Phi) is 6.27. The van der Waals surface area contributed by atoms with Crippen molar-refractivity contribution in [3.05, 3.63) is 84.4 Å². The van der Waals surface area contributed by atoms with Gasteiger partial charge in [0.25, 0.3) is 15.9 Å². The highest BCUT2D eigenvalue weighted by Gasteiger charge is 2.48. The highest BCUT2D eigenvalue weighted by Crippen LogP contribution is 2.34. The lowest BCUT2D eigenvalue weighted by Crippen LogP contribution is -2.55. The van der Waals surface area contributed by atoms with Crippen molar-refractivity contribution in [3.8, 4) is 11.1 Å². The van der Waals surface area contributed by atoms with Gasteiger partial charge in [0.1, 0.15) is 0 Å². The third-order valence-electron chi connectivity index (χ3n) is 6.70. The number of carbonyl (C=O) groups excluding carboxylic acids is 2. The molecule has 2 aliphatic rings. The van der Waals surface area contributed by atoms with Crippen molar-refractivity contribution in [3.63, 3.8) is 0 Å². The molecule has 3 N–H and O–H groups in total. The van der Waals surface area contributed by atoms with E-state index in [0.29, 0.717) is 37.4 Å². The van der Waals surface area contributed by atoms with Gasteiger partial charge in [-0.1, -0.05) is 42.5 Å². The summed E-state index contributed by atoms with van der Waals surface area (Å²) < 4.78 is 27.9. The first kappa shape index (κ1) is 24.0. The third kappa shape index (κ3) is 4.98. The third-order valence-corrected chi connectivity index (χ3v) is 8.10. The van der Waals surface area contributed by atoms with E-state index in [1.165, 1.54) is 0 Å². The van der Waals surface area contributed by atoms with E-state index in [-0.39, 0.29) is 16.7 Å². The molecular formula is C27H28N4O4S. The van der Waals surface area contributed by atoms with E-state index in [4.69, 9.17) is 5.73 Å². The molecule has 1 heterocycles. The number of carbonyl (C=O) groups is 2. The Morgan fingerprint density at radius 2 is 1.42 bits per heavy atom. The van der Waals surface area contributed by atoms with Crippen LogP contribution in [0, 0.1) is 0 Å². The zero-order valence-corrected chi connectivity index (χ0v) is 20.6. The molecule has 0 spiro atoms. The van der Waals surface area contributed by atoms with Crippen LogP contribution in [0.3, 0.4) is 0 Å². The van der Waals surface area contributed by atoms with E-state index in [1.807, 2.05) is 18.2 Å². The second-order valence-corrected chi connectivity index (χ2v) is 11.0. The summed E-state index contributed by atoms with van der Waals surface area (Å²) in [7, 11) is -3.69. The molecule has 0 radical (unpaired) electrons. The highest BCUT2D eigenvalue weighted by molar-refractivity contribution is 7.92. The van der Waals surface area contributed by atoms with E-state index in [1.54, 1.807) is 70.5 Å². The fraction of sp³-hybridized carbons (Fsp3) is 0.259. The van der Waals surface area contributed by atoms with Crippen LogP contribution in [0.2, 0.25) is 0 Å². The van der Waals surface area contributed by atoms with Crippen LogP contribution < -0.4 is 10.5 Å². The highest BCUT2D eigenvalue weighted by atomic mass is 32.2. The smallest absolute Gasteiger partial charge is 0.261 e. The number of nitrogens with zero attached hydrogens (tertiary/aromatic N) is 2. The topological polar surface area (TPSA) is 113 Å². The van der Waals surface area contributed by atoms with Gasteiger partial charge in [-0.25, -0.2) is 8.42 Å². The summed E-state index contributed by atoms with van der Waals surface area (Å²) in [6.07, 6.45) is 1.47. The maximum Gasteiger partial charge on any atom is 0.261 e. The number of piperazine rings is 1. The lowest BCUT2D eigenvalue weighted by molar-refractivity contribution is -0.135. The number of hydrogen-bond acceptors (Lipinski definition) is 5. The Hall–Kier alpha value is -3.69. The van der Waals surface area contributed by atoms with Crippen LogP contribution >= 0.6 is 0 Å². The van der Waals surface area contributed by atoms with Gasteiger partial charge in [-0.3, -0.25) is 14.3 Å². The number of benzene rings is 3.